The summed E-state index contributed by atoms with van der Waals surface area (Å²) in [5.41, 5.74) is 0. The predicted molar refractivity (Wildman–Crippen MR) is 70.6 cm³/mol. The third kappa shape index (κ3) is 11.0. The standard InChI is InChI=1S/C9H20ClNO4S2/c1-9(8-10)4-3-5-11-17(14,15)7-6-16(2,12)13/h9,11H,3-8H2,1-2H3. The van der Waals surface area contributed by atoms with E-state index in [2.05, 4.69) is 4.72 Å². The van der Waals surface area contributed by atoms with Crippen LogP contribution in [0.2, 0.25) is 0 Å². The van der Waals surface area contributed by atoms with Crippen LogP contribution in [0.4, 0.5) is 0 Å². The highest BCUT2D eigenvalue weighted by molar-refractivity contribution is 7.93. The first kappa shape index (κ1) is 17.2. The third-order valence-corrected chi connectivity index (χ3v) is 5.30. The van der Waals surface area contributed by atoms with Crippen LogP contribution >= 0.6 is 11.6 Å². The minimum Gasteiger partial charge on any atom is -0.229 e. The average Bonchev–Trinajstić information content (AvgIpc) is 2.20. The molecule has 0 aromatic heterocycles. The van der Waals surface area contributed by atoms with E-state index in [1.165, 1.54) is 0 Å². The lowest BCUT2D eigenvalue weighted by atomic mass is 10.1. The van der Waals surface area contributed by atoms with E-state index in [-0.39, 0.29) is 11.5 Å². The van der Waals surface area contributed by atoms with Gasteiger partial charge in [-0.05, 0) is 18.8 Å². The lowest BCUT2D eigenvalue weighted by Crippen LogP contribution is -2.30. The number of hydrogen-bond acceptors (Lipinski definition) is 4. The van der Waals surface area contributed by atoms with Crippen molar-refractivity contribution in [1.29, 1.82) is 0 Å². The van der Waals surface area contributed by atoms with Gasteiger partial charge in [0.25, 0.3) is 0 Å². The third-order valence-electron chi connectivity index (χ3n) is 2.18. The molecular formula is C9H20ClNO4S2. The lowest BCUT2D eigenvalue weighted by molar-refractivity contribution is 0.543. The highest BCUT2D eigenvalue weighted by Crippen LogP contribution is 2.06. The van der Waals surface area contributed by atoms with Crippen molar-refractivity contribution in [2.75, 3.05) is 30.2 Å². The van der Waals surface area contributed by atoms with Crippen molar-refractivity contribution in [3.63, 3.8) is 0 Å². The lowest BCUT2D eigenvalue weighted by Gasteiger charge is -2.08. The Morgan fingerprint density at radius 3 is 2.24 bits per heavy atom. The second kappa shape index (κ2) is 7.56. The van der Waals surface area contributed by atoms with Crippen molar-refractivity contribution >= 4 is 31.5 Å². The van der Waals surface area contributed by atoms with Crippen LogP contribution in [-0.4, -0.2) is 47.0 Å². The molecule has 1 unspecified atom stereocenters. The van der Waals surface area contributed by atoms with Gasteiger partial charge in [0, 0.05) is 18.7 Å². The van der Waals surface area contributed by atoms with E-state index in [0.29, 0.717) is 24.8 Å². The zero-order valence-electron chi connectivity index (χ0n) is 10.1. The highest BCUT2D eigenvalue weighted by Gasteiger charge is 2.13. The summed E-state index contributed by atoms with van der Waals surface area (Å²) in [4.78, 5) is 0. The van der Waals surface area contributed by atoms with Gasteiger partial charge in [0.1, 0.15) is 9.84 Å². The number of alkyl halides is 1. The van der Waals surface area contributed by atoms with Gasteiger partial charge in [-0.15, -0.1) is 11.6 Å². The highest BCUT2D eigenvalue weighted by atomic mass is 35.5. The molecule has 0 aliphatic heterocycles. The van der Waals surface area contributed by atoms with Crippen LogP contribution in [0.5, 0.6) is 0 Å². The Hall–Kier alpha value is 0.150. The Kier molecular flexibility index (Phi) is 7.62. The molecule has 0 saturated heterocycles. The molecule has 0 heterocycles. The van der Waals surface area contributed by atoms with Crippen LogP contribution in [-0.2, 0) is 19.9 Å². The zero-order valence-corrected chi connectivity index (χ0v) is 12.5. The minimum atomic E-state index is -3.48. The van der Waals surface area contributed by atoms with E-state index >= 15 is 0 Å². The maximum absolute atomic E-state index is 11.4. The number of hydrogen-bond donors (Lipinski definition) is 1. The second-order valence-corrected chi connectivity index (χ2v) is 8.74. The first-order valence-corrected chi connectivity index (χ1v) is 9.62. The first-order valence-electron chi connectivity index (χ1n) is 5.37. The molecule has 0 amide bonds. The molecule has 0 saturated carbocycles. The zero-order chi connectivity index (χ0) is 13.5. The van der Waals surface area contributed by atoms with Crippen molar-refractivity contribution < 1.29 is 16.8 Å². The van der Waals surface area contributed by atoms with Crippen molar-refractivity contribution in [3.05, 3.63) is 0 Å². The molecule has 0 spiro atoms. The molecular weight excluding hydrogens is 286 g/mol. The van der Waals surface area contributed by atoms with Crippen molar-refractivity contribution in [3.8, 4) is 0 Å². The summed E-state index contributed by atoms with van der Waals surface area (Å²) in [5.74, 6) is 0.190. The average molecular weight is 306 g/mol. The molecule has 0 bridgehead atoms. The van der Waals surface area contributed by atoms with Crippen LogP contribution in [0.25, 0.3) is 0 Å². The number of nitrogens with one attached hydrogen (secondary N) is 1. The van der Waals surface area contributed by atoms with Gasteiger partial charge in [-0.25, -0.2) is 21.6 Å². The van der Waals surface area contributed by atoms with Gasteiger partial charge in [-0.1, -0.05) is 6.92 Å². The number of halogens is 1. The molecule has 0 fully saturated rings. The van der Waals surface area contributed by atoms with Gasteiger partial charge in [-0.2, -0.15) is 0 Å². The molecule has 1 N–H and O–H groups in total. The fraction of sp³-hybridized carbons (Fsp3) is 1.00. The monoisotopic (exact) mass is 305 g/mol. The van der Waals surface area contributed by atoms with E-state index in [4.69, 9.17) is 11.6 Å². The van der Waals surface area contributed by atoms with E-state index in [1.54, 1.807) is 0 Å². The molecule has 0 aromatic rings. The Balaban J connectivity index is 3.87. The maximum atomic E-state index is 11.4. The number of sulfonamides is 1. The molecule has 8 heteroatoms. The molecule has 1 atom stereocenters. The van der Waals surface area contributed by atoms with Gasteiger partial charge >= 0.3 is 0 Å². The van der Waals surface area contributed by atoms with Gasteiger partial charge in [0.2, 0.25) is 10.0 Å². The summed E-state index contributed by atoms with van der Waals surface area (Å²) in [6, 6.07) is 0. The van der Waals surface area contributed by atoms with Crippen LogP contribution in [0.3, 0.4) is 0 Å². The Morgan fingerprint density at radius 2 is 1.76 bits per heavy atom. The molecule has 0 rings (SSSR count). The summed E-state index contributed by atoms with van der Waals surface area (Å²) in [7, 11) is -6.72. The van der Waals surface area contributed by atoms with Crippen molar-refractivity contribution in [2.24, 2.45) is 5.92 Å². The topological polar surface area (TPSA) is 80.3 Å². The molecule has 0 radical (unpaired) electrons. The predicted octanol–water partition coefficient (Wildman–Crippen LogP) is 0.605. The summed E-state index contributed by atoms with van der Waals surface area (Å²) >= 11 is 5.62. The van der Waals surface area contributed by atoms with Gasteiger partial charge in [-0.3, -0.25) is 0 Å². The van der Waals surface area contributed by atoms with Crippen molar-refractivity contribution in [1.82, 2.24) is 4.72 Å². The summed E-state index contributed by atoms with van der Waals surface area (Å²) in [5, 5.41) is 0. The van der Waals surface area contributed by atoms with E-state index in [0.717, 1.165) is 12.7 Å². The Morgan fingerprint density at radius 1 is 1.18 bits per heavy atom. The molecule has 104 valence electrons. The van der Waals surface area contributed by atoms with Gasteiger partial charge in [0.05, 0.1) is 11.5 Å². The van der Waals surface area contributed by atoms with Gasteiger partial charge in [0.15, 0.2) is 0 Å². The minimum absolute atomic E-state index is 0.327. The van der Waals surface area contributed by atoms with Crippen LogP contribution in [0.1, 0.15) is 19.8 Å². The normalized spacial score (nSPS) is 14.8. The SMILES string of the molecule is CC(CCl)CCCNS(=O)(=O)CCS(C)(=O)=O. The molecule has 0 aliphatic carbocycles. The summed E-state index contributed by atoms with van der Waals surface area (Å²) in [6.07, 6.45) is 2.56. The fourth-order valence-corrected chi connectivity index (χ4v) is 3.93. The van der Waals surface area contributed by atoms with Crippen LogP contribution in [0, 0.1) is 5.92 Å². The van der Waals surface area contributed by atoms with Gasteiger partial charge < -0.3 is 0 Å². The fourth-order valence-electron chi connectivity index (χ4n) is 1.09. The molecule has 5 nitrogen and oxygen atoms in total. The van der Waals surface area contributed by atoms with E-state index in [9.17, 15) is 16.8 Å². The van der Waals surface area contributed by atoms with Crippen LogP contribution < -0.4 is 4.72 Å². The van der Waals surface area contributed by atoms with Crippen molar-refractivity contribution in [2.45, 2.75) is 19.8 Å². The quantitative estimate of drug-likeness (QED) is 0.500. The smallest absolute Gasteiger partial charge is 0.212 e. The number of rotatable bonds is 9. The largest absolute Gasteiger partial charge is 0.229 e. The van der Waals surface area contributed by atoms with E-state index < -0.39 is 19.9 Å². The van der Waals surface area contributed by atoms with E-state index in [1.807, 2.05) is 6.92 Å². The summed E-state index contributed by atoms with van der Waals surface area (Å²) in [6.45, 7) is 2.32. The summed E-state index contributed by atoms with van der Waals surface area (Å²) < 4.78 is 46.8. The molecule has 0 aliphatic rings. The van der Waals surface area contributed by atoms with Crippen LogP contribution in [0.15, 0.2) is 0 Å². The maximum Gasteiger partial charge on any atom is 0.212 e. The Bertz CT molecular complexity index is 405. The number of sulfone groups is 1. The molecule has 17 heavy (non-hydrogen) atoms. The first-order chi connectivity index (χ1) is 7.66. The Labute approximate surface area is 109 Å². The second-order valence-electron chi connectivity index (χ2n) is 4.24. The molecule has 0 aromatic carbocycles.